The number of likely N-dealkylation sites (tertiary alicyclic amines) is 1. The van der Waals surface area contributed by atoms with Crippen LogP contribution in [0.25, 0.3) is 0 Å². The molecule has 2 aromatic carbocycles. The predicted molar refractivity (Wildman–Crippen MR) is 99.1 cm³/mol. The van der Waals surface area contributed by atoms with Crippen LogP contribution in [0.3, 0.4) is 0 Å². The van der Waals surface area contributed by atoms with Gasteiger partial charge in [-0.25, -0.2) is 4.79 Å². The highest BCUT2D eigenvalue weighted by Gasteiger charge is 2.30. The minimum absolute atomic E-state index is 0.0474. The van der Waals surface area contributed by atoms with Crippen LogP contribution in [-0.2, 0) is 6.54 Å². The lowest BCUT2D eigenvalue weighted by Crippen LogP contribution is -2.43. The molecule has 0 saturated carbocycles. The molecule has 0 aliphatic carbocycles. The lowest BCUT2D eigenvalue weighted by Gasteiger charge is -2.27. The van der Waals surface area contributed by atoms with E-state index in [2.05, 4.69) is 11.4 Å². The Bertz CT molecular complexity index is 768. The molecule has 5 nitrogen and oxygen atoms in total. The van der Waals surface area contributed by atoms with Crippen LogP contribution in [0.5, 0.6) is 0 Å². The molecule has 5 heteroatoms. The summed E-state index contributed by atoms with van der Waals surface area (Å²) in [5, 5.41) is 22.2. The van der Waals surface area contributed by atoms with Gasteiger partial charge in [-0.1, -0.05) is 42.5 Å². The van der Waals surface area contributed by atoms with Gasteiger partial charge in [0, 0.05) is 19.1 Å². The van der Waals surface area contributed by atoms with E-state index in [9.17, 15) is 9.90 Å². The molecule has 0 bridgehead atoms. The molecule has 0 unspecified atom stereocenters. The van der Waals surface area contributed by atoms with Crippen LogP contribution in [0.15, 0.2) is 54.6 Å². The number of hydrogen-bond acceptors (Lipinski definition) is 3. The Labute approximate surface area is 153 Å². The SMILES string of the molecule is N#Cc1ccc(CNC(=O)N2CCC[C@@H]2C[C@H](O)c2ccccc2)cc1. The summed E-state index contributed by atoms with van der Waals surface area (Å²) in [6.45, 7) is 1.14. The van der Waals surface area contributed by atoms with Gasteiger partial charge < -0.3 is 15.3 Å². The van der Waals surface area contributed by atoms with Crippen LogP contribution in [0.2, 0.25) is 0 Å². The highest BCUT2D eigenvalue weighted by atomic mass is 16.3. The van der Waals surface area contributed by atoms with Crippen molar-refractivity contribution in [2.24, 2.45) is 0 Å². The highest BCUT2D eigenvalue weighted by molar-refractivity contribution is 5.74. The molecule has 2 N–H and O–H groups in total. The van der Waals surface area contributed by atoms with E-state index < -0.39 is 6.10 Å². The molecular weight excluding hydrogens is 326 g/mol. The van der Waals surface area contributed by atoms with Crippen molar-refractivity contribution < 1.29 is 9.90 Å². The number of benzene rings is 2. The number of nitrogens with zero attached hydrogens (tertiary/aromatic N) is 2. The van der Waals surface area contributed by atoms with Gasteiger partial charge in [0.1, 0.15) is 0 Å². The van der Waals surface area contributed by atoms with Crippen molar-refractivity contribution in [2.75, 3.05) is 6.54 Å². The van der Waals surface area contributed by atoms with Gasteiger partial charge in [-0.05, 0) is 42.5 Å². The molecule has 1 fully saturated rings. The number of nitriles is 1. The number of urea groups is 1. The normalized spacial score (nSPS) is 17.5. The number of aliphatic hydroxyl groups excluding tert-OH is 1. The van der Waals surface area contributed by atoms with Gasteiger partial charge in [0.2, 0.25) is 0 Å². The Morgan fingerprint density at radius 1 is 1.23 bits per heavy atom. The third-order valence-corrected chi connectivity index (χ3v) is 4.84. The van der Waals surface area contributed by atoms with E-state index in [-0.39, 0.29) is 12.1 Å². The lowest BCUT2D eigenvalue weighted by molar-refractivity contribution is 0.126. The number of amides is 2. The van der Waals surface area contributed by atoms with Crippen LogP contribution in [0.1, 0.15) is 42.1 Å². The third kappa shape index (κ3) is 4.41. The van der Waals surface area contributed by atoms with Crippen LogP contribution in [-0.4, -0.2) is 28.6 Å². The first-order valence-electron chi connectivity index (χ1n) is 8.94. The Hall–Kier alpha value is -2.84. The van der Waals surface area contributed by atoms with E-state index in [0.29, 0.717) is 25.1 Å². The Kier molecular flexibility index (Phi) is 5.88. The third-order valence-electron chi connectivity index (χ3n) is 4.84. The van der Waals surface area contributed by atoms with Gasteiger partial charge in [0.15, 0.2) is 0 Å². The van der Waals surface area contributed by atoms with E-state index >= 15 is 0 Å². The molecule has 26 heavy (non-hydrogen) atoms. The van der Waals surface area contributed by atoms with Crippen LogP contribution >= 0.6 is 0 Å². The van der Waals surface area contributed by atoms with Gasteiger partial charge in [-0.3, -0.25) is 0 Å². The highest BCUT2D eigenvalue weighted by Crippen LogP contribution is 2.27. The number of aliphatic hydroxyl groups is 1. The predicted octanol–water partition coefficient (Wildman–Crippen LogP) is 3.36. The average Bonchev–Trinajstić information content (AvgIpc) is 3.15. The smallest absolute Gasteiger partial charge is 0.317 e. The number of hydrogen-bond donors (Lipinski definition) is 2. The van der Waals surface area contributed by atoms with Crippen molar-refractivity contribution in [2.45, 2.75) is 38.0 Å². The van der Waals surface area contributed by atoms with E-state index in [4.69, 9.17) is 5.26 Å². The van der Waals surface area contributed by atoms with E-state index in [1.54, 1.807) is 12.1 Å². The summed E-state index contributed by atoms with van der Waals surface area (Å²) in [4.78, 5) is 14.4. The summed E-state index contributed by atoms with van der Waals surface area (Å²) in [7, 11) is 0. The molecule has 2 aromatic rings. The van der Waals surface area contributed by atoms with Gasteiger partial charge in [-0.15, -0.1) is 0 Å². The van der Waals surface area contributed by atoms with Gasteiger partial charge >= 0.3 is 6.03 Å². The summed E-state index contributed by atoms with van der Waals surface area (Å²) in [5.74, 6) is 0. The zero-order valence-electron chi connectivity index (χ0n) is 14.6. The second-order valence-electron chi connectivity index (χ2n) is 6.62. The summed E-state index contributed by atoms with van der Waals surface area (Å²) < 4.78 is 0. The van der Waals surface area contributed by atoms with Crippen molar-refractivity contribution in [1.82, 2.24) is 10.2 Å². The molecule has 1 aliphatic heterocycles. The summed E-state index contributed by atoms with van der Waals surface area (Å²) in [6.07, 6.45) is 1.85. The Balaban J connectivity index is 1.55. The fourth-order valence-corrected chi connectivity index (χ4v) is 3.39. The van der Waals surface area contributed by atoms with Crippen molar-refractivity contribution in [1.29, 1.82) is 5.26 Å². The van der Waals surface area contributed by atoms with Crippen molar-refractivity contribution in [3.8, 4) is 6.07 Å². The second kappa shape index (κ2) is 8.50. The number of carbonyl (C=O) groups excluding carboxylic acids is 1. The number of nitrogens with one attached hydrogen (secondary N) is 1. The first kappa shape index (κ1) is 18.0. The average molecular weight is 349 g/mol. The molecule has 134 valence electrons. The number of rotatable bonds is 5. The van der Waals surface area contributed by atoms with Crippen LogP contribution in [0.4, 0.5) is 4.79 Å². The van der Waals surface area contributed by atoms with Crippen molar-refractivity contribution in [3.63, 3.8) is 0 Å². The quantitative estimate of drug-likeness (QED) is 0.869. The monoisotopic (exact) mass is 349 g/mol. The zero-order valence-corrected chi connectivity index (χ0v) is 14.6. The van der Waals surface area contributed by atoms with E-state index in [1.165, 1.54) is 0 Å². The lowest BCUT2D eigenvalue weighted by atomic mass is 10.0. The Morgan fingerprint density at radius 2 is 1.96 bits per heavy atom. The van der Waals surface area contributed by atoms with Gasteiger partial charge in [0.05, 0.1) is 17.7 Å². The van der Waals surface area contributed by atoms with Gasteiger partial charge in [0.25, 0.3) is 0 Å². The summed E-state index contributed by atoms with van der Waals surface area (Å²) >= 11 is 0. The summed E-state index contributed by atoms with van der Waals surface area (Å²) in [6, 6.07) is 18.8. The maximum atomic E-state index is 12.6. The molecule has 0 spiro atoms. The number of carbonyl (C=O) groups is 1. The molecular formula is C21H23N3O2. The largest absolute Gasteiger partial charge is 0.388 e. The van der Waals surface area contributed by atoms with Crippen molar-refractivity contribution >= 4 is 6.03 Å². The topological polar surface area (TPSA) is 76.4 Å². The first-order valence-corrected chi connectivity index (χ1v) is 8.94. The van der Waals surface area contributed by atoms with Gasteiger partial charge in [-0.2, -0.15) is 5.26 Å². The molecule has 2 amide bonds. The molecule has 1 heterocycles. The molecule has 2 atom stereocenters. The second-order valence-corrected chi connectivity index (χ2v) is 6.62. The molecule has 0 radical (unpaired) electrons. The zero-order chi connectivity index (χ0) is 18.4. The van der Waals surface area contributed by atoms with E-state index in [0.717, 1.165) is 24.0 Å². The first-order chi connectivity index (χ1) is 12.7. The fourth-order valence-electron chi connectivity index (χ4n) is 3.39. The fraction of sp³-hybridized carbons (Fsp3) is 0.333. The maximum Gasteiger partial charge on any atom is 0.317 e. The van der Waals surface area contributed by atoms with Crippen LogP contribution < -0.4 is 5.32 Å². The standard InChI is InChI=1S/C21H23N3O2/c22-14-16-8-10-17(11-9-16)15-23-21(26)24-12-4-7-19(24)13-20(25)18-5-2-1-3-6-18/h1-3,5-6,8-11,19-20,25H,4,7,12-13,15H2,(H,23,26)/t19-,20+/m1/s1. The minimum atomic E-state index is -0.562. The van der Waals surface area contributed by atoms with Crippen LogP contribution in [0, 0.1) is 11.3 Å². The molecule has 3 rings (SSSR count). The van der Waals surface area contributed by atoms with E-state index in [1.807, 2.05) is 47.4 Å². The molecule has 1 aliphatic rings. The molecule has 0 aromatic heterocycles. The van der Waals surface area contributed by atoms with Crippen molar-refractivity contribution in [3.05, 3.63) is 71.3 Å². The summed E-state index contributed by atoms with van der Waals surface area (Å²) in [5.41, 5.74) is 2.45. The minimum Gasteiger partial charge on any atom is -0.388 e. The maximum absolute atomic E-state index is 12.6. The Morgan fingerprint density at radius 3 is 2.65 bits per heavy atom. The molecule has 1 saturated heterocycles.